The molecule has 3 rings (SSSR count). The third kappa shape index (κ3) is 7.16. The van der Waals surface area contributed by atoms with Crippen LogP contribution in [-0.4, -0.2) is 0 Å². The van der Waals surface area contributed by atoms with Crippen molar-refractivity contribution in [2.45, 2.75) is 20.3 Å². The molecule has 0 fully saturated rings. The Morgan fingerprint density at radius 3 is 1.45 bits per heavy atom. The molecule has 0 nitrogen and oxygen atoms in total. The summed E-state index contributed by atoms with van der Waals surface area (Å²) in [5.74, 6) is 0. The molecule has 0 aliphatic heterocycles. The Kier molecular flexibility index (Phi) is 8.96. The van der Waals surface area contributed by atoms with Gasteiger partial charge in [-0.2, -0.15) is 71.8 Å². The third-order valence-electron chi connectivity index (χ3n) is 3.20. The number of rotatable bonds is 2. The maximum Gasteiger partial charge on any atom is 0 e. The zero-order chi connectivity index (χ0) is 14.9. The molecule has 1 heteroatoms. The van der Waals surface area contributed by atoms with Crippen molar-refractivity contribution < 1.29 is 32.7 Å². The first-order valence-electron chi connectivity index (χ1n) is 7.17. The van der Waals surface area contributed by atoms with E-state index in [-0.39, 0.29) is 32.7 Å². The molecule has 1 radical (unpaired) electrons. The van der Waals surface area contributed by atoms with Gasteiger partial charge in [-0.3, -0.25) is 0 Å². The van der Waals surface area contributed by atoms with Gasteiger partial charge in [0.15, 0.2) is 0 Å². The predicted molar refractivity (Wildman–Crippen MR) is 89.3 cm³/mol. The van der Waals surface area contributed by atoms with E-state index in [2.05, 4.69) is 62.4 Å². The maximum absolute atomic E-state index is 3.03. The number of aryl methyl sites for hydroxylation is 2. The normalized spacial score (nSPS) is 9.18. The smallest absolute Gasteiger partial charge is 0 e. The monoisotopic (exact) mass is 361 g/mol. The average Bonchev–Trinajstić information content (AvgIpc) is 2.52. The van der Waals surface area contributed by atoms with E-state index < -0.39 is 0 Å². The summed E-state index contributed by atoms with van der Waals surface area (Å²) in [6, 6.07) is 30.7. The predicted octanol–water partition coefficient (Wildman–Crippen LogP) is 5.18. The molecule has 0 amide bonds. The summed E-state index contributed by atoms with van der Waals surface area (Å²) < 4.78 is 0. The molecule has 22 heavy (non-hydrogen) atoms. The van der Waals surface area contributed by atoms with Crippen molar-refractivity contribution in [3.63, 3.8) is 0 Å². The van der Waals surface area contributed by atoms with Crippen LogP contribution in [0, 0.1) is 26.0 Å². The van der Waals surface area contributed by atoms with E-state index >= 15 is 0 Å². The van der Waals surface area contributed by atoms with Crippen LogP contribution in [0.15, 0.2) is 72.8 Å². The summed E-state index contributed by atoms with van der Waals surface area (Å²) in [6.45, 7) is 4.18. The standard InChI is InChI=1S/C14H13.C7H7.Y/c1-12-7-9-14(10-8-12)11-13-5-3-2-4-6-13;1-7-5-3-2-4-6-7;/h3-10H,11H2,1H3;3-6H,1H3;/q2*-1;. The van der Waals surface area contributed by atoms with Crippen LogP contribution in [-0.2, 0) is 39.1 Å². The van der Waals surface area contributed by atoms with Crippen LogP contribution < -0.4 is 0 Å². The summed E-state index contributed by atoms with van der Waals surface area (Å²) in [7, 11) is 0. The van der Waals surface area contributed by atoms with Crippen molar-refractivity contribution in [2.24, 2.45) is 0 Å². The Balaban J connectivity index is 0.000000258. The second kappa shape index (κ2) is 10.5. The SMILES string of the molecule is Cc1cc[c-]cc1.Cc1ccc(Cc2cc[c-]cc2)cc1.[Y]. The minimum absolute atomic E-state index is 0. The van der Waals surface area contributed by atoms with Gasteiger partial charge in [0.1, 0.15) is 0 Å². The molecule has 3 aromatic rings. The molecule has 0 saturated carbocycles. The van der Waals surface area contributed by atoms with Crippen LogP contribution in [0.5, 0.6) is 0 Å². The molecule has 0 N–H and O–H groups in total. The van der Waals surface area contributed by atoms with Gasteiger partial charge in [-0.15, -0.1) is 0 Å². The average molecular weight is 361 g/mol. The molecule has 0 aromatic heterocycles. The maximum atomic E-state index is 3.03. The summed E-state index contributed by atoms with van der Waals surface area (Å²) in [5, 5.41) is 0. The minimum Gasteiger partial charge on any atom is -0.184 e. The molecule has 3 aromatic carbocycles. The molecule has 0 bridgehead atoms. The fourth-order valence-electron chi connectivity index (χ4n) is 1.95. The number of hydrogen-bond donors (Lipinski definition) is 0. The first kappa shape index (κ1) is 18.8. The second-order valence-electron chi connectivity index (χ2n) is 5.15. The Labute approximate surface area is 159 Å². The molecular weight excluding hydrogens is 341 g/mol. The van der Waals surface area contributed by atoms with E-state index in [4.69, 9.17) is 0 Å². The molecule has 0 aliphatic carbocycles. The van der Waals surface area contributed by atoms with Gasteiger partial charge in [-0.05, 0) is 18.9 Å². The van der Waals surface area contributed by atoms with Crippen LogP contribution >= 0.6 is 0 Å². The summed E-state index contributed by atoms with van der Waals surface area (Å²) in [5.41, 5.74) is 5.31. The molecule has 109 valence electrons. The van der Waals surface area contributed by atoms with E-state index in [1.165, 1.54) is 22.3 Å². The van der Waals surface area contributed by atoms with Gasteiger partial charge in [0, 0.05) is 32.7 Å². The summed E-state index contributed by atoms with van der Waals surface area (Å²) >= 11 is 0. The largest absolute Gasteiger partial charge is 0.184 e. The van der Waals surface area contributed by atoms with Gasteiger partial charge >= 0.3 is 0 Å². The van der Waals surface area contributed by atoms with Crippen LogP contribution in [0.25, 0.3) is 0 Å². The van der Waals surface area contributed by atoms with Gasteiger partial charge < -0.3 is 0 Å². The summed E-state index contributed by atoms with van der Waals surface area (Å²) in [6.07, 6.45) is 1.01. The summed E-state index contributed by atoms with van der Waals surface area (Å²) in [4.78, 5) is 0. The first-order valence-corrected chi connectivity index (χ1v) is 7.17. The van der Waals surface area contributed by atoms with Crippen LogP contribution in [0.3, 0.4) is 0 Å². The third-order valence-corrected chi connectivity index (χ3v) is 3.20. The Bertz CT molecular complexity index is 628. The Morgan fingerprint density at radius 2 is 1.00 bits per heavy atom. The Hall–Kier alpha value is -1.24. The molecule has 0 unspecified atom stereocenters. The van der Waals surface area contributed by atoms with E-state index in [1.54, 1.807) is 0 Å². The fourth-order valence-corrected chi connectivity index (χ4v) is 1.95. The molecule has 0 saturated heterocycles. The van der Waals surface area contributed by atoms with Crippen molar-refractivity contribution in [3.8, 4) is 0 Å². The van der Waals surface area contributed by atoms with Gasteiger partial charge in [-0.25, -0.2) is 0 Å². The topological polar surface area (TPSA) is 0 Å². The van der Waals surface area contributed by atoms with E-state index in [0.29, 0.717) is 0 Å². The van der Waals surface area contributed by atoms with Gasteiger partial charge in [0.2, 0.25) is 0 Å². The van der Waals surface area contributed by atoms with Crippen molar-refractivity contribution in [1.29, 1.82) is 0 Å². The molecule has 0 aliphatic rings. The van der Waals surface area contributed by atoms with Gasteiger partial charge in [0.25, 0.3) is 0 Å². The molecule has 0 atom stereocenters. The van der Waals surface area contributed by atoms with E-state index in [0.717, 1.165) is 6.42 Å². The van der Waals surface area contributed by atoms with Gasteiger partial charge in [-0.1, -0.05) is 36.8 Å². The fraction of sp³-hybridized carbons (Fsp3) is 0.143. The number of benzene rings is 3. The van der Waals surface area contributed by atoms with E-state index in [1.807, 2.05) is 36.4 Å². The molecule has 0 heterocycles. The zero-order valence-corrected chi connectivity index (χ0v) is 16.1. The number of hydrogen-bond acceptors (Lipinski definition) is 0. The minimum atomic E-state index is 0. The Morgan fingerprint density at radius 1 is 0.591 bits per heavy atom. The van der Waals surface area contributed by atoms with Crippen molar-refractivity contribution in [1.82, 2.24) is 0 Å². The molecule has 0 spiro atoms. The van der Waals surface area contributed by atoms with Crippen molar-refractivity contribution in [3.05, 3.63) is 107 Å². The van der Waals surface area contributed by atoms with Crippen LogP contribution in [0.4, 0.5) is 0 Å². The van der Waals surface area contributed by atoms with E-state index in [9.17, 15) is 0 Å². The zero-order valence-electron chi connectivity index (χ0n) is 13.2. The quantitative estimate of drug-likeness (QED) is 0.552. The second-order valence-corrected chi connectivity index (χ2v) is 5.15. The van der Waals surface area contributed by atoms with Crippen LogP contribution in [0.1, 0.15) is 22.3 Å². The first-order chi connectivity index (χ1) is 10.2. The van der Waals surface area contributed by atoms with Crippen molar-refractivity contribution >= 4 is 0 Å². The van der Waals surface area contributed by atoms with Crippen LogP contribution in [0.2, 0.25) is 0 Å². The van der Waals surface area contributed by atoms with Gasteiger partial charge in [0.05, 0.1) is 0 Å². The molecular formula is C21H20Y-2. The van der Waals surface area contributed by atoms with Crippen molar-refractivity contribution in [2.75, 3.05) is 0 Å².